The van der Waals surface area contributed by atoms with E-state index in [2.05, 4.69) is 48.1 Å². The quantitative estimate of drug-likeness (QED) is 0.626. The van der Waals surface area contributed by atoms with Crippen LogP contribution in [-0.4, -0.2) is 31.6 Å². The van der Waals surface area contributed by atoms with Gasteiger partial charge in [-0.15, -0.1) is 30.3 Å². The zero-order chi connectivity index (χ0) is 16.2. The van der Waals surface area contributed by atoms with Crippen LogP contribution in [0.15, 0.2) is 48.5 Å². The Morgan fingerprint density at radius 3 is 2.43 bits per heavy atom. The molecule has 0 heterocycles. The maximum atomic E-state index is 11.2. The van der Waals surface area contributed by atoms with Gasteiger partial charge in [0.25, 0.3) is 0 Å². The first kappa shape index (κ1) is 22.1. The Morgan fingerprint density at radius 1 is 1.26 bits per heavy atom. The molecular formula is C19H21FO2Y-2. The van der Waals surface area contributed by atoms with Crippen molar-refractivity contribution in [2.24, 2.45) is 0 Å². The number of benzene rings is 2. The monoisotopic (exact) mass is 388 g/mol. The Labute approximate surface area is 163 Å². The molecule has 0 fully saturated rings. The first-order chi connectivity index (χ1) is 10.7. The van der Waals surface area contributed by atoms with E-state index in [0.29, 0.717) is 0 Å². The van der Waals surface area contributed by atoms with Gasteiger partial charge in [0.1, 0.15) is 12.8 Å². The van der Waals surface area contributed by atoms with Crippen LogP contribution in [0, 0.1) is 19.1 Å². The van der Waals surface area contributed by atoms with E-state index in [0.717, 1.165) is 11.1 Å². The van der Waals surface area contributed by atoms with Gasteiger partial charge in [0.2, 0.25) is 0 Å². The van der Waals surface area contributed by atoms with Crippen LogP contribution in [0.3, 0.4) is 0 Å². The fourth-order valence-electron chi connectivity index (χ4n) is 1.54. The maximum Gasteiger partial charge on any atom is 0.118 e. The van der Waals surface area contributed by atoms with Crippen molar-refractivity contribution >= 4 is 6.08 Å². The topological polar surface area (TPSA) is 29.5 Å². The molecule has 2 aromatic carbocycles. The molecule has 23 heavy (non-hydrogen) atoms. The molecule has 4 heteroatoms. The van der Waals surface area contributed by atoms with Gasteiger partial charge in [-0.25, -0.2) is 16.0 Å². The minimum absolute atomic E-state index is 0. The van der Waals surface area contributed by atoms with Crippen molar-refractivity contribution in [1.82, 2.24) is 0 Å². The van der Waals surface area contributed by atoms with E-state index in [4.69, 9.17) is 5.11 Å². The number of rotatable bonds is 5. The molecule has 0 aliphatic heterocycles. The van der Waals surface area contributed by atoms with Crippen molar-refractivity contribution in [2.45, 2.75) is 13.0 Å². The molecule has 1 atom stereocenters. The molecule has 0 aliphatic rings. The van der Waals surface area contributed by atoms with Gasteiger partial charge in [0.05, 0.1) is 6.61 Å². The molecule has 0 aliphatic carbocycles. The summed E-state index contributed by atoms with van der Waals surface area (Å²) in [6.07, 6.45) is 4.24. The Balaban J connectivity index is 0.000000522. The first-order valence-electron chi connectivity index (χ1n) is 7.01. The molecule has 0 saturated carbocycles. The predicted octanol–water partition coefficient (Wildman–Crippen LogP) is 3.62. The molecule has 2 nitrogen and oxygen atoms in total. The second kappa shape index (κ2) is 13.6. The second-order valence-electron chi connectivity index (χ2n) is 4.74. The van der Waals surface area contributed by atoms with Gasteiger partial charge in [-0.1, -0.05) is 5.56 Å². The SMILES string of the molecule is COC[C@@H](O)C[18F].Cc1ccc([C-]=Cc2[c-]cccc2)cc1.[Y]. The predicted molar refractivity (Wildman–Crippen MR) is 87.1 cm³/mol. The van der Waals surface area contributed by atoms with Crippen LogP contribution in [0.2, 0.25) is 0 Å². The number of hydrogen-bond donors (Lipinski definition) is 1. The fraction of sp³-hybridized carbons (Fsp3) is 0.263. The Bertz CT molecular complexity index is 541. The zero-order valence-electron chi connectivity index (χ0n) is 13.5. The summed E-state index contributed by atoms with van der Waals surface area (Å²) >= 11 is 0. The normalized spacial score (nSPS) is 11.3. The standard InChI is InChI=1S/C15H12.C4H9FO2.Y/c1-13-7-9-15(10-8-13)12-11-14-5-3-2-4-6-14;1-7-3-4(6)2-5;/h2-5,7-11H,1H3;4,6H,2-3H2,1H3;/q-2;;/t;4-;/m.0./s1/i;5-1;. The van der Waals surface area contributed by atoms with Gasteiger partial charge in [-0.3, -0.25) is 0 Å². The van der Waals surface area contributed by atoms with Crippen LogP contribution in [0.4, 0.5) is 4.39 Å². The van der Waals surface area contributed by atoms with Crippen LogP contribution >= 0.6 is 0 Å². The number of methoxy groups -OCH3 is 1. The maximum absolute atomic E-state index is 11.2. The van der Waals surface area contributed by atoms with Gasteiger partial charge in [-0.05, 0) is 6.92 Å². The van der Waals surface area contributed by atoms with Crippen molar-refractivity contribution in [3.05, 3.63) is 77.4 Å². The van der Waals surface area contributed by atoms with E-state index in [9.17, 15) is 4.39 Å². The summed E-state index contributed by atoms with van der Waals surface area (Å²) in [6, 6.07) is 19.3. The van der Waals surface area contributed by atoms with Gasteiger partial charge in [0, 0.05) is 39.8 Å². The first-order valence-corrected chi connectivity index (χ1v) is 7.01. The molecule has 0 spiro atoms. The number of hydrogen-bond acceptors (Lipinski definition) is 2. The van der Waals surface area contributed by atoms with Crippen LogP contribution in [0.5, 0.6) is 0 Å². The summed E-state index contributed by atoms with van der Waals surface area (Å²) in [6.45, 7) is 1.43. The van der Waals surface area contributed by atoms with Crippen molar-refractivity contribution in [3.63, 3.8) is 0 Å². The molecule has 1 N–H and O–H groups in total. The third kappa shape index (κ3) is 10.5. The number of alkyl halides is 1. The molecule has 121 valence electrons. The van der Waals surface area contributed by atoms with Crippen molar-refractivity contribution in [2.75, 3.05) is 20.4 Å². The van der Waals surface area contributed by atoms with Gasteiger partial charge < -0.3 is 9.84 Å². The second-order valence-corrected chi connectivity index (χ2v) is 4.74. The summed E-state index contributed by atoms with van der Waals surface area (Å²) in [7, 11) is 1.42. The van der Waals surface area contributed by atoms with E-state index < -0.39 is 12.8 Å². The molecular weight excluding hydrogens is 367 g/mol. The molecule has 2 aromatic rings. The summed E-state index contributed by atoms with van der Waals surface area (Å²) < 4.78 is 15.6. The van der Waals surface area contributed by atoms with E-state index in [-0.39, 0.29) is 39.3 Å². The number of halogens is 1. The van der Waals surface area contributed by atoms with E-state index >= 15 is 0 Å². The smallest absolute Gasteiger partial charge is 0.118 e. The summed E-state index contributed by atoms with van der Waals surface area (Å²) in [4.78, 5) is 0. The number of ether oxygens (including phenoxy) is 1. The summed E-state index contributed by atoms with van der Waals surface area (Å²) in [5, 5.41) is 8.36. The van der Waals surface area contributed by atoms with Gasteiger partial charge >= 0.3 is 0 Å². The van der Waals surface area contributed by atoms with Crippen molar-refractivity contribution in [1.29, 1.82) is 0 Å². The molecule has 1 radical (unpaired) electrons. The number of aryl methyl sites for hydroxylation is 1. The Kier molecular flexibility index (Phi) is 13.1. The van der Waals surface area contributed by atoms with Crippen molar-refractivity contribution < 1.29 is 46.9 Å². The molecule has 0 bridgehead atoms. The largest absolute Gasteiger partial charge is 0.388 e. The molecule has 0 unspecified atom stereocenters. The minimum Gasteiger partial charge on any atom is -0.388 e. The van der Waals surface area contributed by atoms with Crippen LogP contribution in [0.25, 0.3) is 6.08 Å². The fourth-order valence-corrected chi connectivity index (χ4v) is 1.54. The average Bonchev–Trinajstić information content (AvgIpc) is 2.56. The summed E-state index contributed by atoms with van der Waals surface area (Å²) in [5.74, 6) is 0. The Hall–Kier alpha value is -0.866. The van der Waals surface area contributed by atoms with Crippen LogP contribution in [-0.2, 0) is 37.4 Å². The number of aliphatic hydroxyl groups excluding tert-OH is 1. The minimum atomic E-state index is -0.940. The zero-order valence-corrected chi connectivity index (χ0v) is 16.3. The van der Waals surface area contributed by atoms with E-state index in [1.807, 2.05) is 30.3 Å². The van der Waals surface area contributed by atoms with Crippen LogP contribution < -0.4 is 0 Å². The molecule has 0 aromatic heterocycles. The van der Waals surface area contributed by atoms with E-state index in [1.165, 1.54) is 12.7 Å². The van der Waals surface area contributed by atoms with Gasteiger partial charge in [-0.2, -0.15) is 35.9 Å². The average molecular weight is 388 g/mol. The number of aliphatic hydroxyl groups is 1. The van der Waals surface area contributed by atoms with Gasteiger partial charge in [0.15, 0.2) is 0 Å². The van der Waals surface area contributed by atoms with Crippen molar-refractivity contribution in [3.8, 4) is 0 Å². The Morgan fingerprint density at radius 2 is 1.96 bits per heavy atom. The molecule has 0 amide bonds. The third-order valence-corrected chi connectivity index (χ3v) is 2.72. The molecule has 2 rings (SSSR count). The third-order valence-electron chi connectivity index (χ3n) is 2.72. The van der Waals surface area contributed by atoms with E-state index in [1.54, 1.807) is 0 Å². The van der Waals surface area contributed by atoms with Crippen LogP contribution in [0.1, 0.15) is 16.7 Å². The molecule has 0 saturated heterocycles. The summed E-state index contributed by atoms with van der Waals surface area (Å²) in [5.41, 5.74) is 3.42.